The number of hydrogen-bond acceptors (Lipinski definition) is 6. The van der Waals surface area contributed by atoms with Crippen LogP contribution in [-0.2, 0) is 4.74 Å². The van der Waals surface area contributed by atoms with E-state index >= 15 is 0 Å². The molecule has 0 bridgehead atoms. The Kier molecular flexibility index (Phi) is 3.48. The van der Waals surface area contributed by atoms with E-state index in [1.54, 1.807) is 13.8 Å². The highest BCUT2D eigenvalue weighted by molar-refractivity contribution is 7.17. The van der Waals surface area contributed by atoms with Gasteiger partial charge in [-0.3, -0.25) is 0 Å². The van der Waals surface area contributed by atoms with E-state index in [-0.39, 0.29) is 18.1 Å². The molecule has 2 aliphatic rings. The normalized spacial score (nSPS) is 23.7. The Morgan fingerprint density at radius 1 is 1.48 bits per heavy atom. The maximum atomic E-state index is 11.8. The number of likely N-dealkylation sites (tertiary alicyclic amines) is 1. The van der Waals surface area contributed by atoms with Crippen LogP contribution in [0.4, 0.5) is 9.93 Å². The molecule has 2 aliphatic heterocycles. The zero-order valence-corrected chi connectivity index (χ0v) is 12.7. The third-order valence-electron chi connectivity index (χ3n) is 4.03. The average molecular weight is 311 g/mol. The predicted octanol–water partition coefficient (Wildman–Crippen LogP) is 1.57. The third-order valence-corrected chi connectivity index (χ3v) is 5.21. The second-order valence-electron chi connectivity index (χ2n) is 5.18. The van der Waals surface area contributed by atoms with Crippen molar-refractivity contribution in [2.24, 2.45) is 0 Å². The van der Waals surface area contributed by atoms with Gasteiger partial charge in [0, 0.05) is 13.1 Å². The van der Waals surface area contributed by atoms with Crippen LogP contribution in [-0.4, -0.2) is 58.8 Å². The number of rotatable bonds is 3. The number of ether oxygens (including phenoxy) is 1. The summed E-state index contributed by atoms with van der Waals surface area (Å²) in [6, 6.07) is 0.236. The minimum atomic E-state index is -0.857. The highest BCUT2D eigenvalue weighted by Gasteiger charge is 2.50. The van der Waals surface area contributed by atoms with Gasteiger partial charge in [-0.05, 0) is 20.3 Å². The largest absolute Gasteiger partial charge is 0.465 e. The van der Waals surface area contributed by atoms with Crippen molar-refractivity contribution in [3.63, 3.8) is 0 Å². The number of nitrogens with zero attached hydrogens (tertiary/aromatic N) is 3. The molecule has 8 heteroatoms. The number of thiazole rings is 1. The topological polar surface area (TPSA) is 83.0 Å². The first-order valence-electron chi connectivity index (χ1n) is 6.93. The summed E-state index contributed by atoms with van der Waals surface area (Å²) in [7, 11) is 0. The summed E-state index contributed by atoms with van der Waals surface area (Å²) < 4.78 is 5.02. The molecule has 2 fully saturated rings. The summed E-state index contributed by atoms with van der Waals surface area (Å²) >= 11 is 1.32. The number of fused-ring (bicyclic) bond motifs is 1. The van der Waals surface area contributed by atoms with E-state index in [0.717, 1.165) is 11.6 Å². The minimum Gasteiger partial charge on any atom is -0.465 e. The van der Waals surface area contributed by atoms with Gasteiger partial charge in [0.05, 0.1) is 24.4 Å². The van der Waals surface area contributed by atoms with Crippen LogP contribution < -0.4 is 4.90 Å². The maximum Gasteiger partial charge on any atom is 0.407 e. The number of hydrogen-bond donors (Lipinski definition) is 1. The van der Waals surface area contributed by atoms with E-state index < -0.39 is 6.09 Å². The second kappa shape index (κ2) is 5.18. The van der Waals surface area contributed by atoms with Crippen LogP contribution in [0, 0.1) is 6.92 Å². The number of esters is 1. The molecule has 21 heavy (non-hydrogen) atoms. The molecule has 3 heterocycles. The van der Waals surface area contributed by atoms with Crippen LogP contribution >= 0.6 is 11.3 Å². The molecular formula is C13H17N3O4S. The van der Waals surface area contributed by atoms with Crippen molar-refractivity contribution in [2.75, 3.05) is 24.6 Å². The van der Waals surface area contributed by atoms with Crippen molar-refractivity contribution in [1.29, 1.82) is 0 Å². The van der Waals surface area contributed by atoms with Crippen LogP contribution in [0.2, 0.25) is 0 Å². The van der Waals surface area contributed by atoms with E-state index in [9.17, 15) is 9.59 Å². The molecule has 1 aromatic heterocycles. The highest BCUT2D eigenvalue weighted by atomic mass is 32.1. The Hall–Kier alpha value is -1.83. The smallest absolute Gasteiger partial charge is 0.407 e. The van der Waals surface area contributed by atoms with E-state index in [1.165, 1.54) is 16.2 Å². The molecule has 1 amide bonds. The first kappa shape index (κ1) is 14.1. The van der Waals surface area contributed by atoms with E-state index in [1.807, 2.05) is 0 Å². The Bertz CT molecular complexity index is 588. The van der Waals surface area contributed by atoms with Crippen LogP contribution in [0.5, 0.6) is 0 Å². The molecule has 114 valence electrons. The van der Waals surface area contributed by atoms with Crippen molar-refractivity contribution in [1.82, 2.24) is 9.88 Å². The summed E-state index contributed by atoms with van der Waals surface area (Å²) in [6.07, 6.45) is -0.0469. The molecule has 0 spiro atoms. The first-order chi connectivity index (χ1) is 10.0. The average Bonchev–Trinajstić information content (AvgIpc) is 2.92. The monoisotopic (exact) mass is 311 g/mol. The van der Waals surface area contributed by atoms with Gasteiger partial charge in [-0.25, -0.2) is 14.6 Å². The summed E-state index contributed by atoms with van der Waals surface area (Å²) in [4.78, 5) is 31.5. The molecule has 2 saturated heterocycles. The Balaban J connectivity index is 1.74. The lowest BCUT2D eigenvalue weighted by atomic mass is 9.98. The molecule has 0 aromatic carbocycles. The molecule has 7 nitrogen and oxygen atoms in total. The highest BCUT2D eigenvalue weighted by Crippen LogP contribution is 2.39. The zero-order valence-electron chi connectivity index (χ0n) is 11.9. The molecule has 3 rings (SSSR count). The standard InChI is InChI=1S/C13H17N3O4S/c1-3-20-11(17)10-7(2)14-12(21-10)16-6-9-8(16)4-5-15(9)13(18)19/h8-9H,3-6H2,1-2H3,(H,18,19)/t8-,9-/m1/s1. The summed E-state index contributed by atoms with van der Waals surface area (Å²) in [5.74, 6) is -0.339. The lowest BCUT2D eigenvalue weighted by Gasteiger charge is -2.45. The summed E-state index contributed by atoms with van der Waals surface area (Å²) in [5, 5.41) is 9.89. The summed E-state index contributed by atoms with van der Waals surface area (Å²) in [5.41, 5.74) is 0.671. The van der Waals surface area contributed by atoms with Crippen molar-refractivity contribution < 1.29 is 19.4 Å². The quantitative estimate of drug-likeness (QED) is 0.853. The number of carbonyl (C=O) groups excluding carboxylic acids is 1. The van der Waals surface area contributed by atoms with Crippen LogP contribution in [0.3, 0.4) is 0 Å². The molecule has 0 radical (unpaired) electrons. The lowest BCUT2D eigenvalue weighted by Crippen LogP contribution is -2.62. The molecule has 1 N–H and O–H groups in total. The SMILES string of the molecule is CCOC(=O)c1sc(N2C[C@@H]3[C@H]2CCN3C(=O)O)nc1C. The van der Waals surface area contributed by atoms with Crippen LogP contribution in [0.25, 0.3) is 0 Å². The van der Waals surface area contributed by atoms with Gasteiger partial charge in [0.1, 0.15) is 4.88 Å². The Morgan fingerprint density at radius 3 is 2.90 bits per heavy atom. The minimum absolute atomic E-state index is 0.0535. The number of anilines is 1. The zero-order chi connectivity index (χ0) is 15.1. The number of carbonyl (C=O) groups is 2. The molecule has 2 atom stereocenters. The fourth-order valence-electron chi connectivity index (χ4n) is 2.97. The van der Waals surface area contributed by atoms with E-state index in [0.29, 0.717) is 30.3 Å². The first-order valence-corrected chi connectivity index (χ1v) is 7.75. The summed E-state index contributed by atoms with van der Waals surface area (Å²) in [6.45, 7) is 5.12. The number of carboxylic acid groups (broad SMARTS) is 1. The van der Waals surface area contributed by atoms with Crippen LogP contribution in [0.1, 0.15) is 28.7 Å². The molecule has 0 aliphatic carbocycles. The van der Waals surface area contributed by atoms with Crippen molar-refractivity contribution in [2.45, 2.75) is 32.4 Å². The van der Waals surface area contributed by atoms with Gasteiger partial charge >= 0.3 is 12.1 Å². The van der Waals surface area contributed by atoms with Gasteiger partial charge in [0.25, 0.3) is 0 Å². The molecule has 1 aromatic rings. The fourth-order valence-corrected chi connectivity index (χ4v) is 4.00. The van der Waals surface area contributed by atoms with Crippen LogP contribution in [0.15, 0.2) is 0 Å². The number of aromatic nitrogens is 1. The Labute approximate surface area is 126 Å². The number of amides is 1. The fraction of sp³-hybridized carbons (Fsp3) is 0.615. The molecular weight excluding hydrogens is 294 g/mol. The second-order valence-corrected chi connectivity index (χ2v) is 6.16. The predicted molar refractivity (Wildman–Crippen MR) is 77.1 cm³/mol. The lowest BCUT2D eigenvalue weighted by molar-refractivity contribution is 0.0531. The molecule has 0 unspecified atom stereocenters. The van der Waals surface area contributed by atoms with Crippen molar-refractivity contribution in [3.8, 4) is 0 Å². The maximum absolute atomic E-state index is 11.8. The molecule has 0 saturated carbocycles. The Morgan fingerprint density at radius 2 is 2.24 bits per heavy atom. The van der Waals surface area contributed by atoms with Crippen molar-refractivity contribution in [3.05, 3.63) is 10.6 Å². The van der Waals surface area contributed by atoms with Gasteiger partial charge in [0.2, 0.25) is 0 Å². The van der Waals surface area contributed by atoms with Gasteiger partial charge in [0.15, 0.2) is 5.13 Å². The van der Waals surface area contributed by atoms with Gasteiger partial charge in [-0.2, -0.15) is 0 Å². The van der Waals surface area contributed by atoms with Crippen molar-refractivity contribution >= 4 is 28.5 Å². The van der Waals surface area contributed by atoms with E-state index in [4.69, 9.17) is 9.84 Å². The van der Waals surface area contributed by atoms with Gasteiger partial charge in [-0.1, -0.05) is 11.3 Å². The van der Waals surface area contributed by atoms with Gasteiger partial charge in [-0.15, -0.1) is 0 Å². The van der Waals surface area contributed by atoms with E-state index in [2.05, 4.69) is 9.88 Å². The third kappa shape index (κ3) is 2.23. The van der Waals surface area contributed by atoms with Gasteiger partial charge < -0.3 is 19.6 Å². The number of aryl methyl sites for hydroxylation is 1.